The maximum Gasteiger partial charge on any atom is 0.251 e. The number of carbonyl (C=O) groups is 1. The standard InChI is InChI=1S/C21H17N3O3/c1-26-17-8-6-15(7-9-17)20(25)23-12-14-2-4-16(5-3-14)21-24-18-13-22-11-10-19(18)27-21/h2-11,13H,12H2,1H3,(H,23,25). The molecule has 0 fully saturated rings. The molecular formula is C21H17N3O3. The Morgan fingerprint density at radius 1 is 1.07 bits per heavy atom. The zero-order valence-corrected chi connectivity index (χ0v) is 14.7. The van der Waals surface area contributed by atoms with Crippen LogP contribution in [-0.2, 0) is 6.54 Å². The van der Waals surface area contributed by atoms with Crippen LogP contribution in [0.1, 0.15) is 15.9 Å². The number of benzene rings is 2. The first kappa shape index (κ1) is 16.8. The zero-order valence-electron chi connectivity index (χ0n) is 14.7. The molecule has 6 nitrogen and oxygen atoms in total. The number of ether oxygens (including phenoxy) is 1. The highest BCUT2D eigenvalue weighted by molar-refractivity contribution is 5.94. The molecule has 2 heterocycles. The lowest BCUT2D eigenvalue weighted by Gasteiger charge is -2.07. The zero-order chi connectivity index (χ0) is 18.6. The van der Waals surface area contributed by atoms with E-state index in [4.69, 9.17) is 9.15 Å². The number of fused-ring (bicyclic) bond motifs is 1. The number of methoxy groups -OCH3 is 1. The van der Waals surface area contributed by atoms with Gasteiger partial charge in [-0.25, -0.2) is 4.98 Å². The molecule has 0 aliphatic rings. The summed E-state index contributed by atoms with van der Waals surface area (Å²) in [5.74, 6) is 1.14. The van der Waals surface area contributed by atoms with E-state index in [9.17, 15) is 4.79 Å². The molecule has 0 spiro atoms. The van der Waals surface area contributed by atoms with Gasteiger partial charge < -0.3 is 14.5 Å². The van der Waals surface area contributed by atoms with Gasteiger partial charge in [-0.1, -0.05) is 12.1 Å². The van der Waals surface area contributed by atoms with Crippen molar-refractivity contribution in [3.8, 4) is 17.2 Å². The second-order valence-electron chi connectivity index (χ2n) is 5.97. The third kappa shape index (κ3) is 3.64. The second kappa shape index (κ2) is 7.29. The summed E-state index contributed by atoms with van der Waals surface area (Å²) in [7, 11) is 1.59. The summed E-state index contributed by atoms with van der Waals surface area (Å²) in [6, 6.07) is 16.5. The molecule has 0 saturated carbocycles. The third-order valence-corrected chi connectivity index (χ3v) is 4.20. The number of nitrogens with one attached hydrogen (secondary N) is 1. The van der Waals surface area contributed by atoms with Crippen molar-refractivity contribution < 1.29 is 13.9 Å². The molecular weight excluding hydrogens is 342 g/mol. The fourth-order valence-electron chi connectivity index (χ4n) is 2.70. The summed E-state index contributed by atoms with van der Waals surface area (Å²) in [6.07, 6.45) is 3.34. The molecule has 4 rings (SSSR count). The lowest BCUT2D eigenvalue weighted by atomic mass is 10.1. The summed E-state index contributed by atoms with van der Waals surface area (Å²) in [6.45, 7) is 0.433. The van der Waals surface area contributed by atoms with Crippen molar-refractivity contribution in [3.05, 3.63) is 78.1 Å². The molecule has 1 N–H and O–H groups in total. The van der Waals surface area contributed by atoms with Crippen LogP contribution in [0.2, 0.25) is 0 Å². The maximum absolute atomic E-state index is 12.2. The summed E-state index contributed by atoms with van der Waals surface area (Å²) < 4.78 is 10.8. The molecule has 27 heavy (non-hydrogen) atoms. The number of carbonyl (C=O) groups excluding carboxylic acids is 1. The van der Waals surface area contributed by atoms with Crippen LogP contribution in [0, 0.1) is 0 Å². The SMILES string of the molecule is COc1ccc(C(=O)NCc2ccc(-c3nc4cnccc4o3)cc2)cc1. The van der Waals surface area contributed by atoms with Gasteiger partial charge in [0.05, 0.1) is 13.3 Å². The molecule has 6 heteroatoms. The summed E-state index contributed by atoms with van der Waals surface area (Å²) in [5, 5.41) is 2.91. The first-order chi connectivity index (χ1) is 13.2. The molecule has 0 atom stereocenters. The number of pyridine rings is 1. The summed E-state index contributed by atoms with van der Waals surface area (Å²) in [5.41, 5.74) is 3.88. The monoisotopic (exact) mass is 359 g/mol. The lowest BCUT2D eigenvalue weighted by Crippen LogP contribution is -2.22. The summed E-state index contributed by atoms with van der Waals surface area (Å²) >= 11 is 0. The molecule has 0 aliphatic carbocycles. The molecule has 1 amide bonds. The highest BCUT2D eigenvalue weighted by atomic mass is 16.5. The fourth-order valence-corrected chi connectivity index (χ4v) is 2.70. The Bertz CT molecular complexity index is 1040. The van der Waals surface area contributed by atoms with Crippen LogP contribution >= 0.6 is 0 Å². The Hall–Kier alpha value is -3.67. The van der Waals surface area contributed by atoms with Crippen LogP contribution in [0.3, 0.4) is 0 Å². The molecule has 0 unspecified atom stereocenters. The van der Waals surface area contributed by atoms with Gasteiger partial charge in [0.15, 0.2) is 5.58 Å². The minimum atomic E-state index is -0.131. The predicted molar refractivity (Wildman–Crippen MR) is 101 cm³/mol. The van der Waals surface area contributed by atoms with Crippen molar-refractivity contribution in [2.75, 3.05) is 7.11 Å². The fraction of sp³-hybridized carbons (Fsp3) is 0.0952. The number of hydrogen-bond acceptors (Lipinski definition) is 5. The molecule has 2 aromatic heterocycles. The third-order valence-electron chi connectivity index (χ3n) is 4.20. The van der Waals surface area contributed by atoms with E-state index >= 15 is 0 Å². The molecule has 2 aromatic carbocycles. The van der Waals surface area contributed by atoms with E-state index in [0.717, 1.165) is 22.4 Å². The minimum Gasteiger partial charge on any atom is -0.497 e. The van der Waals surface area contributed by atoms with Gasteiger partial charge in [-0.15, -0.1) is 0 Å². The molecule has 0 radical (unpaired) electrons. The lowest BCUT2D eigenvalue weighted by molar-refractivity contribution is 0.0951. The Labute approximate surface area is 155 Å². The van der Waals surface area contributed by atoms with Crippen molar-refractivity contribution in [1.29, 1.82) is 0 Å². The van der Waals surface area contributed by atoms with Crippen LogP contribution < -0.4 is 10.1 Å². The van der Waals surface area contributed by atoms with Crippen LogP contribution in [-0.4, -0.2) is 23.0 Å². The van der Waals surface area contributed by atoms with E-state index in [1.54, 1.807) is 49.8 Å². The van der Waals surface area contributed by atoms with Gasteiger partial charge in [-0.3, -0.25) is 9.78 Å². The molecule has 4 aromatic rings. The van der Waals surface area contributed by atoms with E-state index in [2.05, 4.69) is 15.3 Å². The number of aromatic nitrogens is 2. The van der Waals surface area contributed by atoms with E-state index in [0.29, 0.717) is 23.6 Å². The highest BCUT2D eigenvalue weighted by Gasteiger charge is 2.09. The number of nitrogens with zero attached hydrogens (tertiary/aromatic N) is 2. The maximum atomic E-state index is 12.2. The minimum absolute atomic E-state index is 0.131. The normalized spacial score (nSPS) is 10.7. The van der Waals surface area contributed by atoms with Crippen LogP contribution in [0.5, 0.6) is 5.75 Å². The first-order valence-corrected chi connectivity index (χ1v) is 8.45. The summed E-state index contributed by atoms with van der Waals surface area (Å²) in [4.78, 5) is 20.7. The Kier molecular flexibility index (Phi) is 4.53. The Morgan fingerprint density at radius 3 is 2.56 bits per heavy atom. The van der Waals surface area contributed by atoms with Crippen molar-refractivity contribution in [2.24, 2.45) is 0 Å². The van der Waals surface area contributed by atoms with Gasteiger partial charge >= 0.3 is 0 Å². The molecule has 0 bridgehead atoms. The number of hydrogen-bond donors (Lipinski definition) is 1. The van der Waals surface area contributed by atoms with Gasteiger partial charge in [0, 0.05) is 29.9 Å². The Morgan fingerprint density at radius 2 is 1.85 bits per heavy atom. The van der Waals surface area contributed by atoms with Crippen molar-refractivity contribution in [1.82, 2.24) is 15.3 Å². The highest BCUT2D eigenvalue weighted by Crippen LogP contribution is 2.23. The predicted octanol–water partition coefficient (Wildman–Crippen LogP) is 3.83. The number of rotatable bonds is 5. The van der Waals surface area contributed by atoms with Gasteiger partial charge in [0.1, 0.15) is 11.3 Å². The van der Waals surface area contributed by atoms with E-state index < -0.39 is 0 Å². The van der Waals surface area contributed by atoms with Crippen molar-refractivity contribution in [3.63, 3.8) is 0 Å². The molecule has 0 aliphatic heterocycles. The van der Waals surface area contributed by atoms with Crippen LogP contribution in [0.25, 0.3) is 22.6 Å². The average Bonchev–Trinajstić information content (AvgIpc) is 3.17. The quantitative estimate of drug-likeness (QED) is 0.586. The second-order valence-corrected chi connectivity index (χ2v) is 5.97. The van der Waals surface area contributed by atoms with Gasteiger partial charge in [-0.05, 0) is 42.0 Å². The van der Waals surface area contributed by atoms with E-state index in [1.165, 1.54) is 0 Å². The van der Waals surface area contributed by atoms with Gasteiger partial charge in [0.25, 0.3) is 5.91 Å². The first-order valence-electron chi connectivity index (χ1n) is 8.45. The van der Waals surface area contributed by atoms with E-state index in [1.807, 2.05) is 24.3 Å². The smallest absolute Gasteiger partial charge is 0.251 e. The van der Waals surface area contributed by atoms with Gasteiger partial charge in [-0.2, -0.15) is 0 Å². The average molecular weight is 359 g/mol. The van der Waals surface area contributed by atoms with Crippen molar-refractivity contribution in [2.45, 2.75) is 6.54 Å². The number of oxazole rings is 1. The largest absolute Gasteiger partial charge is 0.497 e. The molecule has 0 saturated heterocycles. The Balaban J connectivity index is 1.42. The van der Waals surface area contributed by atoms with Crippen LogP contribution in [0.4, 0.5) is 0 Å². The van der Waals surface area contributed by atoms with Gasteiger partial charge in [0.2, 0.25) is 5.89 Å². The van der Waals surface area contributed by atoms with Crippen molar-refractivity contribution >= 4 is 17.0 Å². The molecule has 134 valence electrons. The van der Waals surface area contributed by atoms with Crippen LogP contribution in [0.15, 0.2) is 71.4 Å². The number of amides is 1. The van der Waals surface area contributed by atoms with E-state index in [-0.39, 0.29) is 5.91 Å². The topological polar surface area (TPSA) is 77.2 Å².